The monoisotopic (exact) mass is 219 g/mol. The third-order valence-corrected chi connectivity index (χ3v) is 2.75. The first-order valence-electron chi connectivity index (χ1n) is 5.87. The maximum absolute atomic E-state index is 9.97. The minimum Gasteiger partial charge on any atom is -0.388 e. The second kappa shape index (κ2) is 6.33. The van der Waals surface area contributed by atoms with Crippen LogP contribution in [0.1, 0.15) is 31.9 Å². The molecular weight excluding hydrogens is 198 g/mol. The van der Waals surface area contributed by atoms with Crippen LogP contribution in [-0.4, -0.2) is 18.2 Å². The zero-order chi connectivity index (χ0) is 12.0. The van der Waals surface area contributed by atoms with Crippen molar-refractivity contribution in [3.8, 4) is 0 Å². The summed E-state index contributed by atoms with van der Waals surface area (Å²) in [6.07, 6.45) is 2.25. The molecule has 1 aromatic carbocycles. The lowest BCUT2D eigenvalue weighted by molar-refractivity contribution is 0.174. The fraction of sp³-hybridized carbons (Fsp3) is 0.429. The van der Waals surface area contributed by atoms with E-state index in [9.17, 15) is 5.11 Å². The van der Waals surface area contributed by atoms with E-state index in [2.05, 4.69) is 24.5 Å². The second-order valence-electron chi connectivity index (χ2n) is 3.81. The molecule has 0 amide bonds. The van der Waals surface area contributed by atoms with E-state index in [-0.39, 0.29) is 6.10 Å². The molecule has 0 aliphatic rings. The van der Waals surface area contributed by atoms with Crippen LogP contribution in [0.15, 0.2) is 36.9 Å². The molecule has 2 nitrogen and oxygen atoms in total. The highest BCUT2D eigenvalue weighted by Crippen LogP contribution is 2.27. The topological polar surface area (TPSA) is 23.5 Å². The Morgan fingerprint density at radius 1 is 1.38 bits per heavy atom. The first-order chi connectivity index (χ1) is 7.74. The highest BCUT2D eigenvalue weighted by molar-refractivity contribution is 5.55. The van der Waals surface area contributed by atoms with Crippen molar-refractivity contribution in [2.24, 2.45) is 0 Å². The van der Waals surface area contributed by atoms with Crippen molar-refractivity contribution < 1.29 is 5.11 Å². The van der Waals surface area contributed by atoms with Gasteiger partial charge in [-0.25, -0.2) is 0 Å². The minimum atomic E-state index is -0.380. The number of hydrogen-bond acceptors (Lipinski definition) is 2. The molecule has 2 heteroatoms. The van der Waals surface area contributed by atoms with Crippen LogP contribution in [0.25, 0.3) is 0 Å². The standard InChI is InChI=1S/C14H21NO/c1-4-11-15(6-3)13-10-8-7-9-12(13)14(16)5-2/h4,7-10,14,16H,1,5-6,11H2,2-3H3/t14-/m1/s1. The normalized spacial score (nSPS) is 12.2. The molecule has 0 heterocycles. The number of anilines is 1. The number of benzene rings is 1. The largest absolute Gasteiger partial charge is 0.388 e. The fourth-order valence-corrected chi connectivity index (χ4v) is 1.83. The molecule has 0 fully saturated rings. The van der Waals surface area contributed by atoms with Gasteiger partial charge in [0, 0.05) is 24.3 Å². The Morgan fingerprint density at radius 2 is 2.06 bits per heavy atom. The SMILES string of the molecule is C=CCN(CC)c1ccccc1[C@H](O)CC. The molecule has 1 atom stereocenters. The Bertz CT molecular complexity index is 335. The van der Waals surface area contributed by atoms with Gasteiger partial charge in [-0.1, -0.05) is 31.2 Å². The molecule has 1 rings (SSSR count). The number of nitrogens with zero attached hydrogens (tertiary/aromatic N) is 1. The molecule has 1 N–H and O–H groups in total. The maximum Gasteiger partial charge on any atom is 0.0807 e. The van der Waals surface area contributed by atoms with E-state index in [1.165, 1.54) is 0 Å². The van der Waals surface area contributed by atoms with E-state index in [1.54, 1.807) is 0 Å². The average Bonchev–Trinajstić information content (AvgIpc) is 2.35. The van der Waals surface area contributed by atoms with Gasteiger partial charge in [-0.15, -0.1) is 6.58 Å². The van der Waals surface area contributed by atoms with Crippen molar-refractivity contribution >= 4 is 5.69 Å². The summed E-state index contributed by atoms with van der Waals surface area (Å²) in [5.41, 5.74) is 2.12. The molecule has 0 aliphatic heterocycles. The number of hydrogen-bond donors (Lipinski definition) is 1. The Morgan fingerprint density at radius 3 is 2.62 bits per heavy atom. The summed E-state index contributed by atoms with van der Waals surface area (Å²) in [6.45, 7) is 9.59. The summed E-state index contributed by atoms with van der Waals surface area (Å²) in [5.74, 6) is 0. The molecule has 88 valence electrons. The summed E-state index contributed by atoms with van der Waals surface area (Å²) < 4.78 is 0. The molecule has 0 aromatic heterocycles. The molecular formula is C14H21NO. The molecule has 0 aliphatic carbocycles. The lowest BCUT2D eigenvalue weighted by Gasteiger charge is -2.25. The van der Waals surface area contributed by atoms with Crippen LogP contribution < -0.4 is 4.90 Å². The van der Waals surface area contributed by atoms with Gasteiger partial charge in [0.2, 0.25) is 0 Å². The van der Waals surface area contributed by atoms with Gasteiger partial charge in [0.15, 0.2) is 0 Å². The highest BCUT2D eigenvalue weighted by Gasteiger charge is 2.13. The summed E-state index contributed by atoms with van der Waals surface area (Å²) in [4.78, 5) is 2.21. The van der Waals surface area contributed by atoms with Gasteiger partial charge >= 0.3 is 0 Å². The van der Waals surface area contributed by atoms with Gasteiger partial charge in [0.25, 0.3) is 0 Å². The van der Waals surface area contributed by atoms with E-state index < -0.39 is 0 Å². The number of aliphatic hydroxyl groups excluding tert-OH is 1. The molecule has 0 saturated heterocycles. The molecule has 0 radical (unpaired) electrons. The van der Waals surface area contributed by atoms with E-state index in [0.29, 0.717) is 0 Å². The molecule has 1 aromatic rings. The predicted octanol–water partition coefficient (Wildman–Crippen LogP) is 3.14. The van der Waals surface area contributed by atoms with Gasteiger partial charge in [-0.2, -0.15) is 0 Å². The Balaban J connectivity index is 3.05. The quantitative estimate of drug-likeness (QED) is 0.743. The lowest BCUT2D eigenvalue weighted by Crippen LogP contribution is -2.24. The number of aliphatic hydroxyl groups is 1. The van der Waals surface area contributed by atoms with Crippen molar-refractivity contribution in [3.63, 3.8) is 0 Å². The third kappa shape index (κ3) is 2.86. The molecule has 0 saturated carbocycles. The van der Waals surface area contributed by atoms with Crippen molar-refractivity contribution in [3.05, 3.63) is 42.5 Å². The zero-order valence-electron chi connectivity index (χ0n) is 10.2. The Labute approximate surface area is 98.2 Å². The molecule has 0 unspecified atom stereocenters. The summed E-state index contributed by atoms with van der Waals surface area (Å²) in [7, 11) is 0. The molecule has 0 bridgehead atoms. The average molecular weight is 219 g/mol. The first-order valence-corrected chi connectivity index (χ1v) is 5.87. The highest BCUT2D eigenvalue weighted by atomic mass is 16.3. The van der Waals surface area contributed by atoms with Gasteiger partial charge in [0.05, 0.1) is 6.10 Å². The van der Waals surface area contributed by atoms with Crippen molar-refractivity contribution in [1.29, 1.82) is 0 Å². The van der Waals surface area contributed by atoms with Gasteiger partial charge in [0.1, 0.15) is 0 Å². The zero-order valence-corrected chi connectivity index (χ0v) is 10.2. The molecule has 16 heavy (non-hydrogen) atoms. The fourth-order valence-electron chi connectivity index (χ4n) is 1.83. The van der Waals surface area contributed by atoms with Gasteiger partial charge in [-0.3, -0.25) is 0 Å². The van der Waals surface area contributed by atoms with E-state index in [4.69, 9.17) is 0 Å². The van der Waals surface area contributed by atoms with Crippen LogP contribution in [0.3, 0.4) is 0 Å². The third-order valence-electron chi connectivity index (χ3n) is 2.75. The van der Waals surface area contributed by atoms with Crippen LogP contribution in [0.2, 0.25) is 0 Å². The van der Waals surface area contributed by atoms with Gasteiger partial charge < -0.3 is 10.0 Å². The van der Waals surface area contributed by atoms with Crippen molar-refractivity contribution in [2.75, 3.05) is 18.0 Å². The van der Waals surface area contributed by atoms with Crippen LogP contribution in [0, 0.1) is 0 Å². The van der Waals surface area contributed by atoms with Crippen LogP contribution in [0.5, 0.6) is 0 Å². The Kier molecular flexibility index (Phi) is 5.06. The van der Waals surface area contributed by atoms with Gasteiger partial charge in [-0.05, 0) is 19.4 Å². The number of rotatable bonds is 6. The summed E-state index contributed by atoms with van der Waals surface area (Å²) in [5, 5.41) is 9.97. The number of likely N-dealkylation sites (N-methyl/N-ethyl adjacent to an activating group) is 1. The van der Waals surface area contributed by atoms with Crippen LogP contribution in [0.4, 0.5) is 5.69 Å². The maximum atomic E-state index is 9.97. The van der Waals surface area contributed by atoms with E-state index in [0.717, 1.165) is 30.8 Å². The Hall–Kier alpha value is -1.28. The second-order valence-corrected chi connectivity index (χ2v) is 3.81. The van der Waals surface area contributed by atoms with Crippen molar-refractivity contribution in [2.45, 2.75) is 26.4 Å². The number of para-hydroxylation sites is 1. The predicted molar refractivity (Wildman–Crippen MR) is 69.8 cm³/mol. The first kappa shape index (κ1) is 12.8. The van der Waals surface area contributed by atoms with Crippen LogP contribution in [-0.2, 0) is 0 Å². The van der Waals surface area contributed by atoms with E-state index >= 15 is 0 Å². The molecule has 0 spiro atoms. The van der Waals surface area contributed by atoms with E-state index in [1.807, 2.05) is 31.2 Å². The van der Waals surface area contributed by atoms with Crippen LogP contribution >= 0.6 is 0 Å². The minimum absolute atomic E-state index is 0.380. The lowest BCUT2D eigenvalue weighted by atomic mass is 10.0. The summed E-state index contributed by atoms with van der Waals surface area (Å²) >= 11 is 0. The smallest absolute Gasteiger partial charge is 0.0807 e. The van der Waals surface area contributed by atoms with Crippen molar-refractivity contribution in [1.82, 2.24) is 0 Å². The summed E-state index contributed by atoms with van der Waals surface area (Å²) in [6, 6.07) is 8.03.